The van der Waals surface area contributed by atoms with E-state index in [1.807, 2.05) is 6.07 Å². The van der Waals surface area contributed by atoms with Gasteiger partial charge in [-0.1, -0.05) is 48.0 Å². The third-order valence-electron chi connectivity index (χ3n) is 3.67. The van der Waals surface area contributed by atoms with E-state index in [4.69, 9.17) is 21.1 Å². The van der Waals surface area contributed by atoms with Gasteiger partial charge in [0.05, 0.1) is 0 Å². The van der Waals surface area contributed by atoms with Crippen molar-refractivity contribution in [3.8, 4) is 5.75 Å². The highest BCUT2D eigenvalue weighted by molar-refractivity contribution is 6.30. The largest absolute Gasteiger partial charge is 0.482 e. The van der Waals surface area contributed by atoms with Gasteiger partial charge in [0.15, 0.2) is 6.61 Å². The van der Waals surface area contributed by atoms with Crippen LogP contribution in [0, 0.1) is 0 Å². The minimum absolute atomic E-state index is 0.181. The molecule has 0 saturated heterocycles. The number of benzene rings is 2. The molecule has 130 valence electrons. The van der Waals surface area contributed by atoms with Crippen molar-refractivity contribution in [1.82, 2.24) is 5.32 Å². The highest BCUT2D eigenvalue weighted by atomic mass is 35.5. The molecule has 3 rings (SSSR count). The number of carbonyl (C=O) groups excluding carboxylic acids is 2. The fourth-order valence-electron chi connectivity index (χ4n) is 2.27. The molecule has 0 radical (unpaired) electrons. The summed E-state index contributed by atoms with van der Waals surface area (Å²) in [5.41, 5.74) is 0.622. The van der Waals surface area contributed by atoms with E-state index in [1.54, 1.807) is 48.5 Å². The van der Waals surface area contributed by atoms with Crippen LogP contribution in [-0.4, -0.2) is 24.5 Å². The summed E-state index contributed by atoms with van der Waals surface area (Å²) >= 11 is 5.87. The number of hydrogen-bond acceptors (Lipinski definition) is 4. The van der Waals surface area contributed by atoms with E-state index < -0.39 is 12.1 Å². The second-order valence-electron chi connectivity index (χ2n) is 5.81. The molecule has 0 aliphatic heterocycles. The molecule has 1 fully saturated rings. The van der Waals surface area contributed by atoms with E-state index in [9.17, 15) is 9.59 Å². The first-order valence-corrected chi connectivity index (χ1v) is 8.43. The summed E-state index contributed by atoms with van der Waals surface area (Å²) in [6.45, 7) is -0.305. The lowest BCUT2D eigenvalue weighted by atomic mass is 10.1. The molecule has 0 heterocycles. The van der Waals surface area contributed by atoms with Crippen LogP contribution in [0.2, 0.25) is 5.02 Å². The van der Waals surface area contributed by atoms with E-state index in [2.05, 4.69) is 5.32 Å². The minimum Gasteiger partial charge on any atom is -0.482 e. The van der Waals surface area contributed by atoms with Gasteiger partial charge in [-0.3, -0.25) is 4.79 Å². The Balaban J connectivity index is 1.62. The van der Waals surface area contributed by atoms with Crippen LogP contribution in [0.4, 0.5) is 0 Å². The summed E-state index contributed by atoms with van der Waals surface area (Å²) in [6.07, 6.45) is 0.926. The van der Waals surface area contributed by atoms with Gasteiger partial charge in [-0.2, -0.15) is 0 Å². The van der Waals surface area contributed by atoms with Gasteiger partial charge >= 0.3 is 5.97 Å². The van der Waals surface area contributed by atoms with Crippen molar-refractivity contribution in [3.05, 3.63) is 65.2 Å². The quantitative estimate of drug-likeness (QED) is 0.770. The molecule has 0 spiro atoms. The second kappa shape index (κ2) is 8.03. The lowest BCUT2D eigenvalue weighted by molar-refractivity contribution is -0.158. The molecule has 25 heavy (non-hydrogen) atoms. The molecule has 5 nitrogen and oxygen atoms in total. The van der Waals surface area contributed by atoms with Gasteiger partial charge in [-0.05, 0) is 31.0 Å². The van der Waals surface area contributed by atoms with Gasteiger partial charge in [0.1, 0.15) is 5.75 Å². The molecule has 1 aliphatic rings. The van der Waals surface area contributed by atoms with Gasteiger partial charge in [0.2, 0.25) is 6.10 Å². The van der Waals surface area contributed by atoms with Gasteiger partial charge in [-0.15, -0.1) is 0 Å². The zero-order valence-corrected chi connectivity index (χ0v) is 14.2. The van der Waals surface area contributed by atoms with E-state index in [1.165, 1.54) is 0 Å². The maximum atomic E-state index is 12.4. The van der Waals surface area contributed by atoms with Gasteiger partial charge in [-0.25, -0.2) is 4.79 Å². The van der Waals surface area contributed by atoms with Crippen molar-refractivity contribution in [1.29, 1.82) is 0 Å². The smallest absolute Gasteiger partial charge is 0.345 e. The zero-order chi connectivity index (χ0) is 17.6. The molecule has 0 unspecified atom stereocenters. The summed E-state index contributed by atoms with van der Waals surface area (Å²) < 4.78 is 10.7. The van der Waals surface area contributed by atoms with Crippen LogP contribution in [0.3, 0.4) is 0 Å². The van der Waals surface area contributed by atoms with Crippen LogP contribution in [0.15, 0.2) is 54.6 Å². The van der Waals surface area contributed by atoms with Crippen LogP contribution in [0.25, 0.3) is 0 Å². The summed E-state index contributed by atoms with van der Waals surface area (Å²) in [7, 11) is 0. The molecule has 1 amide bonds. The topological polar surface area (TPSA) is 64.6 Å². The molecule has 1 aliphatic carbocycles. The SMILES string of the molecule is O=C(COc1cccc(Cl)c1)O[C@H](C(=O)NC1CC1)c1ccccc1. The number of nitrogens with one attached hydrogen (secondary N) is 1. The summed E-state index contributed by atoms with van der Waals surface area (Å²) in [4.78, 5) is 24.5. The highest BCUT2D eigenvalue weighted by Crippen LogP contribution is 2.23. The van der Waals surface area contributed by atoms with Crippen molar-refractivity contribution in [2.45, 2.75) is 25.0 Å². The Bertz CT molecular complexity index is 746. The van der Waals surface area contributed by atoms with Crippen LogP contribution in [-0.2, 0) is 14.3 Å². The maximum absolute atomic E-state index is 12.4. The molecule has 0 aromatic heterocycles. The lowest BCUT2D eigenvalue weighted by Gasteiger charge is -2.18. The van der Waals surface area contributed by atoms with Gasteiger partial charge in [0.25, 0.3) is 5.91 Å². The molecule has 6 heteroatoms. The molecule has 2 aromatic rings. The normalized spacial score (nSPS) is 14.4. The third-order valence-corrected chi connectivity index (χ3v) is 3.90. The number of ether oxygens (including phenoxy) is 2. The molecular formula is C19H18ClNO4. The summed E-state index contributed by atoms with van der Waals surface area (Å²) in [5, 5.41) is 3.38. The predicted octanol–water partition coefficient (Wildman–Crippen LogP) is 3.28. The molecule has 0 bridgehead atoms. The Labute approximate surface area is 150 Å². The Morgan fingerprint density at radius 2 is 1.88 bits per heavy atom. The van der Waals surface area contributed by atoms with Crippen molar-refractivity contribution in [2.75, 3.05) is 6.61 Å². The first kappa shape index (κ1) is 17.3. The van der Waals surface area contributed by atoms with Crippen LogP contribution in [0.5, 0.6) is 5.75 Å². The van der Waals surface area contributed by atoms with Crippen molar-refractivity contribution in [2.24, 2.45) is 0 Å². The standard InChI is InChI=1S/C19H18ClNO4/c20-14-7-4-8-16(11-14)24-12-17(22)25-18(13-5-2-1-3-6-13)19(23)21-15-9-10-15/h1-8,11,15,18H,9-10,12H2,(H,21,23)/t18-/m0/s1. The fraction of sp³-hybridized carbons (Fsp3) is 0.263. The second-order valence-corrected chi connectivity index (χ2v) is 6.25. The minimum atomic E-state index is -0.989. The number of esters is 1. The van der Waals surface area contributed by atoms with E-state index in [-0.39, 0.29) is 18.6 Å². The molecule has 2 aromatic carbocycles. The van der Waals surface area contributed by atoms with Crippen LogP contribution in [0.1, 0.15) is 24.5 Å². The number of hydrogen-bond donors (Lipinski definition) is 1. The number of halogens is 1. The molecule has 1 N–H and O–H groups in total. The average molecular weight is 360 g/mol. The fourth-order valence-corrected chi connectivity index (χ4v) is 2.45. The number of amides is 1. The lowest BCUT2D eigenvalue weighted by Crippen LogP contribution is -2.34. The summed E-state index contributed by atoms with van der Waals surface area (Å²) in [6, 6.07) is 15.8. The monoisotopic (exact) mass is 359 g/mol. The van der Waals surface area contributed by atoms with Crippen molar-refractivity contribution >= 4 is 23.5 Å². The highest BCUT2D eigenvalue weighted by Gasteiger charge is 2.30. The average Bonchev–Trinajstić information content (AvgIpc) is 3.42. The van der Waals surface area contributed by atoms with Crippen molar-refractivity contribution < 1.29 is 19.1 Å². The Morgan fingerprint density at radius 3 is 2.56 bits per heavy atom. The summed E-state index contributed by atoms with van der Waals surface area (Å²) in [5.74, 6) is -0.479. The van der Waals surface area contributed by atoms with Crippen molar-refractivity contribution in [3.63, 3.8) is 0 Å². The number of carbonyl (C=O) groups is 2. The number of rotatable bonds is 7. The molecular weight excluding hydrogens is 342 g/mol. The van der Waals surface area contributed by atoms with E-state index in [0.29, 0.717) is 16.3 Å². The third kappa shape index (κ3) is 5.22. The van der Waals surface area contributed by atoms with Gasteiger partial charge < -0.3 is 14.8 Å². The maximum Gasteiger partial charge on any atom is 0.345 e. The zero-order valence-electron chi connectivity index (χ0n) is 13.5. The predicted molar refractivity (Wildman–Crippen MR) is 93.4 cm³/mol. The Hall–Kier alpha value is -2.53. The van der Waals surface area contributed by atoms with E-state index in [0.717, 1.165) is 12.8 Å². The Morgan fingerprint density at radius 1 is 1.12 bits per heavy atom. The Kier molecular flexibility index (Phi) is 5.56. The molecule has 1 atom stereocenters. The molecule has 1 saturated carbocycles. The first-order valence-electron chi connectivity index (χ1n) is 8.05. The first-order chi connectivity index (χ1) is 12.1. The van der Waals surface area contributed by atoms with Crippen LogP contribution < -0.4 is 10.1 Å². The van der Waals surface area contributed by atoms with Crippen LogP contribution >= 0.6 is 11.6 Å². The van der Waals surface area contributed by atoms with E-state index >= 15 is 0 Å². The van der Waals surface area contributed by atoms with Gasteiger partial charge in [0, 0.05) is 16.6 Å².